The molecule has 0 aromatic heterocycles. The topological polar surface area (TPSA) is 21.3 Å². The maximum absolute atomic E-state index is 13.9. The number of piperidine rings is 1. The molecule has 2 aliphatic rings. The molecule has 0 radical (unpaired) electrons. The zero-order valence-corrected chi connectivity index (χ0v) is 12.5. The van der Waals surface area contributed by atoms with E-state index in [0.29, 0.717) is 17.8 Å². The monoisotopic (exact) mass is 297 g/mol. The van der Waals surface area contributed by atoms with E-state index in [0.717, 1.165) is 24.0 Å². The molecule has 2 nitrogen and oxygen atoms in total. The van der Waals surface area contributed by atoms with Gasteiger partial charge in [-0.3, -0.25) is 0 Å². The second-order valence-electron chi connectivity index (χ2n) is 6.39. The molecule has 2 fully saturated rings. The van der Waals surface area contributed by atoms with E-state index in [1.807, 2.05) is 36.4 Å². The molecule has 2 heterocycles. The Balaban J connectivity index is 1.56. The van der Waals surface area contributed by atoms with E-state index in [9.17, 15) is 4.39 Å². The van der Waals surface area contributed by atoms with Gasteiger partial charge in [0, 0.05) is 18.2 Å². The lowest BCUT2D eigenvalue weighted by Crippen LogP contribution is -2.42. The summed E-state index contributed by atoms with van der Waals surface area (Å²) in [5.74, 6) is 0.401. The molecule has 1 N–H and O–H groups in total. The van der Waals surface area contributed by atoms with Crippen LogP contribution in [0.25, 0.3) is 11.1 Å². The van der Waals surface area contributed by atoms with Crippen LogP contribution in [0.2, 0.25) is 0 Å². The smallest absolute Gasteiger partial charge is 0.127 e. The maximum atomic E-state index is 13.9. The van der Waals surface area contributed by atoms with Crippen LogP contribution in [0.15, 0.2) is 48.5 Å². The Morgan fingerprint density at radius 1 is 0.909 bits per heavy atom. The van der Waals surface area contributed by atoms with Gasteiger partial charge >= 0.3 is 0 Å². The molecule has 2 saturated heterocycles. The molecular weight excluding hydrogens is 277 g/mol. The van der Waals surface area contributed by atoms with Gasteiger partial charge in [-0.15, -0.1) is 0 Å². The molecule has 0 amide bonds. The second-order valence-corrected chi connectivity index (χ2v) is 6.39. The van der Waals surface area contributed by atoms with E-state index >= 15 is 0 Å². The fourth-order valence-electron chi connectivity index (χ4n) is 3.72. The van der Waals surface area contributed by atoms with Gasteiger partial charge in [0.2, 0.25) is 0 Å². The third-order valence-corrected chi connectivity index (χ3v) is 4.71. The van der Waals surface area contributed by atoms with Crippen molar-refractivity contribution < 1.29 is 9.13 Å². The zero-order chi connectivity index (χ0) is 14.9. The van der Waals surface area contributed by atoms with Gasteiger partial charge in [0.25, 0.3) is 0 Å². The Kier molecular flexibility index (Phi) is 3.59. The minimum atomic E-state index is -0.242. The molecule has 4 rings (SSSR count). The summed E-state index contributed by atoms with van der Waals surface area (Å²) in [7, 11) is 0. The van der Waals surface area contributed by atoms with Crippen LogP contribution < -0.4 is 10.1 Å². The highest BCUT2D eigenvalue weighted by atomic mass is 19.1. The lowest BCUT2D eigenvalue weighted by Gasteiger charge is -2.29. The number of ether oxygens (including phenoxy) is 1. The number of hydrogen-bond acceptors (Lipinski definition) is 2. The summed E-state index contributed by atoms with van der Waals surface area (Å²) >= 11 is 0. The van der Waals surface area contributed by atoms with Crippen molar-refractivity contribution in [1.29, 1.82) is 0 Å². The van der Waals surface area contributed by atoms with Gasteiger partial charge in [-0.25, -0.2) is 4.39 Å². The number of halogens is 1. The van der Waals surface area contributed by atoms with E-state index in [2.05, 4.69) is 5.32 Å². The molecule has 22 heavy (non-hydrogen) atoms. The molecule has 2 aromatic rings. The summed E-state index contributed by atoms with van der Waals surface area (Å²) in [6, 6.07) is 16.0. The van der Waals surface area contributed by atoms with E-state index < -0.39 is 0 Å². The van der Waals surface area contributed by atoms with Crippen molar-refractivity contribution in [2.75, 3.05) is 0 Å². The van der Waals surface area contributed by atoms with E-state index in [1.54, 1.807) is 6.07 Å². The number of hydrogen-bond donors (Lipinski definition) is 1. The maximum Gasteiger partial charge on any atom is 0.127 e. The van der Waals surface area contributed by atoms with Crippen molar-refractivity contribution in [2.45, 2.75) is 43.9 Å². The predicted octanol–water partition coefficient (Wildman–Crippen LogP) is 4.15. The fraction of sp³-hybridized carbons (Fsp3) is 0.368. The molecular formula is C19H20FNO. The summed E-state index contributed by atoms with van der Waals surface area (Å²) < 4.78 is 20.0. The van der Waals surface area contributed by atoms with Gasteiger partial charge < -0.3 is 10.1 Å². The third kappa shape index (κ3) is 2.86. The van der Waals surface area contributed by atoms with Gasteiger partial charge in [-0.05, 0) is 48.9 Å². The first-order valence-electron chi connectivity index (χ1n) is 8.05. The molecule has 0 spiro atoms. The molecule has 3 heteroatoms. The lowest BCUT2D eigenvalue weighted by atomic mass is 10.0. The predicted molar refractivity (Wildman–Crippen MR) is 85.4 cm³/mol. The van der Waals surface area contributed by atoms with Gasteiger partial charge in [-0.2, -0.15) is 0 Å². The van der Waals surface area contributed by atoms with Crippen LogP contribution in [0.3, 0.4) is 0 Å². The first-order valence-corrected chi connectivity index (χ1v) is 8.05. The summed E-state index contributed by atoms with van der Waals surface area (Å²) in [5, 5.41) is 3.60. The van der Waals surface area contributed by atoms with Crippen LogP contribution >= 0.6 is 0 Å². The molecule has 2 atom stereocenters. The molecule has 0 aliphatic carbocycles. The molecule has 2 aromatic carbocycles. The quantitative estimate of drug-likeness (QED) is 0.918. The average molecular weight is 297 g/mol. The van der Waals surface area contributed by atoms with Gasteiger partial charge in [0.05, 0.1) is 0 Å². The third-order valence-electron chi connectivity index (χ3n) is 4.71. The molecule has 0 saturated carbocycles. The summed E-state index contributed by atoms with van der Waals surface area (Å²) in [5.41, 5.74) is 1.88. The molecule has 2 unspecified atom stereocenters. The van der Waals surface area contributed by atoms with Crippen LogP contribution in [0.4, 0.5) is 4.39 Å². The standard InChI is InChI=1S/C19H20FNO/c20-15-8-14(13-4-2-1-3-5-13)9-18(10-15)22-19-11-16-6-7-17(12-19)21-16/h1-5,8-10,16-17,19,21H,6-7,11-12H2. The Morgan fingerprint density at radius 2 is 1.64 bits per heavy atom. The van der Waals surface area contributed by atoms with Crippen LogP contribution in [0.1, 0.15) is 25.7 Å². The van der Waals surface area contributed by atoms with E-state index in [1.165, 1.54) is 18.9 Å². The van der Waals surface area contributed by atoms with Crippen LogP contribution in [0.5, 0.6) is 5.75 Å². The fourth-order valence-corrected chi connectivity index (χ4v) is 3.72. The minimum Gasteiger partial charge on any atom is -0.490 e. The minimum absolute atomic E-state index is 0.198. The Hall–Kier alpha value is -1.87. The van der Waals surface area contributed by atoms with Crippen molar-refractivity contribution in [3.8, 4) is 16.9 Å². The first kappa shape index (κ1) is 13.8. The van der Waals surface area contributed by atoms with E-state index in [4.69, 9.17) is 4.74 Å². The number of rotatable bonds is 3. The number of nitrogens with one attached hydrogen (secondary N) is 1. The van der Waals surface area contributed by atoms with Gasteiger partial charge in [0.1, 0.15) is 17.7 Å². The highest BCUT2D eigenvalue weighted by Gasteiger charge is 2.34. The molecule has 2 aliphatic heterocycles. The van der Waals surface area contributed by atoms with Crippen LogP contribution in [-0.4, -0.2) is 18.2 Å². The highest BCUT2D eigenvalue weighted by molar-refractivity contribution is 5.65. The largest absolute Gasteiger partial charge is 0.490 e. The lowest BCUT2D eigenvalue weighted by molar-refractivity contribution is 0.137. The van der Waals surface area contributed by atoms with Gasteiger partial charge in [-0.1, -0.05) is 30.3 Å². The SMILES string of the molecule is Fc1cc(OC2CC3CCC(C2)N3)cc(-c2ccccc2)c1. The summed E-state index contributed by atoms with van der Waals surface area (Å²) in [6.45, 7) is 0. The summed E-state index contributed by atoms with van der Waals surface area (Å²) in [4.78, 5) is 0. The first-order chi connectivity index (χ1) is 10.8. The molecule has 114 valence electrons. The van der Waals surface area contributed by atoms with Crippen LogP contribution in [-0.2, 0) is 0 Å². The zero-order valence-electron chi connectivity index (χ0n) is 12.5. The Bertz CT molecular complexity index is 646. The van der Waals surface area contributed by atoms with Crippen molar-refractivity contribution in [1.82, 2.24) is 5.32 Å². The van der Waals surface area contributed by atoms with Crippen molar-refractivity contribution >= 4 is 0 Å². The second kappa shape index (κ2) is 5.73. The Morgan fingerprint density at radius 3 is 2.36 bits per heavy atom. The normalized spacial score (nSPS) is 26.9. The van der Waals surface area contributed by atoms with Gasteiger partial charge in [0.15, 0.2) is 0 Å². The molecule has 2 bridgehead atoms. The number of benzene rings is 2. The Labute approximate surface area is 130 Å². The van der Waals surface area contributed by atoms with Crippen LogP contribution in [0, 0.1) is 5.82 Å². The summed E-state index contributed by atoms with van der Waals surface area (Å²) in [6.07, 6.45) is 4.72. The van der Waals surface area contributed by atoms with Crippen molar-refractivity contribution in [3.63, 3.8) is 0 Å². The van der Waals surface area contributed by atoms with E-state index in [-0.39, 0.29) is 11.9 Å². The van der Waals surface area contributed by atoms with Crippen molar-refractivity contribution in [2.24, 2.45) is 0 Å². The average Bonchev–Trinajstić information content (AvgIpc) is 2.86. The number of fused-ring (bicyclic) bond motifs is 2. The highest BCUT2D eigenvalue weighted by Crippen LogP contribution is 2.31. The van der Waals surface area contributed by atoms with Crippen molar-refractivity contribution in [3.05, 3.63) is 54.3 Å².